The van der Waals surface area contributed by atoms with Crippen molar-refractivity contribution in [3.63, 3.8) is 0 Å². The second kappa shape index (κ2) is 7.02. The molecule has 1 unspecified atom stereocenters. The molecule has 0 aromatic heterocycles. The molecule has 2 nitrogen and oxygen atoms in total. The van der Waals surface area contributed by atoms with Gasteiger partial charge in [-0.15, -0.1) is 6.58 Å². The van der Waals surface area contributed by atoms with Gasteiger partial charge in [0.15, 0.2) is 0 Å². The topological polar surface area (TPSA) is 38.0 Å². The van der Waals surface area contributed by atoms with Crippen LogP contribution >= 0.6 is 0 Å². The van der Waals surface area contributed by atoms with Crippen LogP contribution in [0, 0.1) is 5.92 Å². The Kier molecular flexibility index (Phi) is 5.88. The number of hydrogen-bond acceptors (Lipinski definition) is 2. The first kappa shape index (κ1) is 11.7. The Bertz CT molecular complexity index is 150. The molecule has 1 fully saturated rings. The zero-order valence-corrected chi connectivity index (χ0v) is 9.17. The molecule has 0 aromatic rings. The summed E-state index contributed by atoms with van der Waals surface area (Å²) in [6, 6.07) is 0.439. The van der Waals surface area contributed by atoms with E-state index < -0.39 is 0 Å². The van der Waals surface area contributed by atoms with Gasteiger partial charge in [-0.1, -0.05) is 38.2 Å². The molecule has 0 aliphatic heterocycles. The number of nitrogens with one attached hydrogen (secondary N) is 1. The first-order valence-corrected chi connectivity index (χ1v) is 5.94. The molecule has 14 heavy (non-hydrogen) atoms. The predicted molar refractivity (Wildman–Crippen MR) is 61.7 cm³/mol. The molecule has 1 saturated carbocycles. The van der Waals surface area contributed by atoms with Crippen molar-refractivity contribution in [3.8, 4) is 0 Å². The maximum atomic E-state index is 5.48. The molecule has 3 N–H and O–H groups in total. The minimum Gasteiger partial charge on any atom is -0.271 e. The van der Waals surface area contributed by atoms with Gasteiger partial charge in [0.2, 0.25) is 0 Å². The van der Waals surface area contributed by atoms with E-state index in [9.17, 15) is 0 Å². The van der Waals surface area contributed by atoms with Crippen LogP contribution in [-0.2, 0) is 0 Å². The molecule has 82 valence electrons. The maximum absolute atomic E-state index is 5.48. The highest BCUT2D eigenvalue weighted by Gasteiger charge is 2.14. The first-order chi connectivity index (χ1) is 6.86. The van der Waals surface area contributed by atoms with Gasteiger partial charge in [-0.3, -0.25) is 11.3 Å². The standard InChI is InChI=1S/C12H24N2/c1-2-6-12(14-13)10-9-11-7-4-3-5-8-11/h2,11-12,14H,1,3-10,13H2. The van der Waals surface area contributed by atoms with E-state index in [4.69, 9.17) is 5.84 Å². The molecule has 0 radical (unpaired) electrons. The van der Waals surface area contributed by atoms with Crippen LogP contribution in [0.25, 0.3) is 0 Å². The molecule has 1 rings (SSSR count). The number of rotatable bonds is 6. The summed E-state index contributed by atoms with van der Waals surface area (Å²) in [5.74, 6) is 6.44. The van der Waals surface area contributed by atoms with Crippen molar-refractivity contribution in [2.24, 2.45) is 11.8 Å². The van der Waals surface area contributed by atoms with Crippen LogP contribution in [0.5, 0.6) is 0 Å². The van der Waals surface area contributed by atoms with E-state index in [0.717, 1.165) is 12.3 Å². The van der Waals surface area contributed by atoms with Crippen LogP contribution in [0.2, 0.25) is 0 Å². The van der Waals surface area contributed by atoms with Crippen LogP contribution < -0.4 is 11.3 Å². The van der Waals surface area contributed by atoms with Crippen LogP contribution in [0.4, 0.5) is 0 Å². The van der Waals surface area contributed by atoms with E-state index in [2.05, 4.69) is 12.0 Å². The lowest BCUT2D eigenvalue weighted by molar-refractivity contribution is 0.314. The third-order valence-corrected chi connectivity index (χ3v) is 3.34. The van der Waals surface area contributed by atoms with E-state index in [1.54, 1.807) is 0 Å². The van der Waals surface area contributed by atoms with Gasteiger partial charge in [-0.25, -0.2) is 0 Å². The summed E-state index contributed by atoms with van der Waals surface area (Å²) in [5.41, 5.74) is 2.87. The van der Waals surface area contributed by atoms with Gasteiger partial charge in [0.05, 0.1) is 0 Å². The molecule has 0 amide bonds. The first-order valence-electron chi connectivity index (χ1n) is 5.94. The summed E-state index contributed by atoms with van der Waals surface area (Å²) in [6.45, 7) is 3.75. The Balaban J connectivity index is 2.13. The molecular weight excluding hydrogens is 172 g/mol. The van der Waals surface area contributed by atoms with Crippen molar-refractivity contribution in [3.05, 3.63) is 12.7 Å². The summed E-state index contributed by atoms with van der Waals surface area (Å²) in [7, 11) is 0. The Morgan fingerprint density at radius 1 is 1.36 bits per heavy atom. The largest absolute Gasteiger partial charge is 0.271 e. The van der Waals surface area contributed by atoms with Crippen molar-refractivity contribution in [1.82, 2.24) is 5.43 Å². The zero-order chi connectivity index (χ0) is 10.2. The fraction of sp³-hybridized carbons (Fsp3) is 0.833. The fourth-order valence-corrected chi connectivity index (χ4v) is 2.38. The molecule has 0 bridgehead atoms. The summed E-state index contributed by atoms with van der Waals surface area (Å²) in [5, 5.41) is 0. The SMILES string of the molecule is C=CCC(CCC1CCCCC1)NN. The monoisotopic (exact) mass is 196 g/mol. The van der Waals surface area contributed by atoms with Crippen LogP contribution in [0.1, 0.15) is 51.4 Å². The maximum Gasteiger partial charge on any atom is 0.0245 e. The number of hydrogen-bond donors (Lipinski definition) is 2. The molecule has 0 heterocycles. The van der Waals surface area contributed by atoms with Gasteiger partial charge in [-0.05, 0) is 25.2 Å². The Morgan fingerprint density at radius 2 is 2.07 bits per heavy atom. The van der Waals surface area contributed by atoms with Gasteiger partial charge in [-0.2, -0.15) is 0 Å². The quantitative estimate of drug-likeness (QED) is 0.389. The second-order valence-electron chi connectivity index (χ2n) is 4.47. The molecule has 1 atom stereocenters. The lowest BCUT2D eigenvalue weighted by atomic mass is 9.85. The molecule has 1 aliphatic carbocycles. The average molecular weight is 196 g/mol. The normalized spacial score (nSPS) is 20.6. The van der Waals surface area contributed by atoms with Gasteiger partial charge < -0.3 is 0 Å². The Hall–Kier alpha value is -0.340. The van der Waals surface area contributed by atoms with Crippen molar-refractivity contribution in [1.29, 1.82) is 0 Å². The van der Waals surface area contributed by atoms with E-state index in [0.29, 0.717) is 6.04 Å². The summed E-state index contributed by atoms with van der Waals surface area (Å²) < 4.78 is 0. The molecule has 0 spiro atoms. The minimum absolute atomic E-state index is 0.439. The number of nitrogens with two attached hydrogens (primary N) is 1. The van der Waals surface area contributed by atoms with E-state index in [1.807, 2.05) is 6.08 Å². The number of hydrazine groups is 1. The van der Waals surface area contributed by atoms with Crippen molar-refractivity contribution in [2.45, 2.75) is 57.4 Å². The Morgan fingerprint density at radius 3 is 2.64 bits per heavy atom. The second-order valence-corrected chi connectivity index (χ2v) is 4.47. The van der Waals surface area contributed by atoms with Gasteiger partial charge in [0.25, 0.3) is 0 Å². The molecule has 0 saturated heterocycles. The fourth-order valence-electron chi connectivity index (χ4n) is 2.38. The summed E-state index contributed by atoms with van der Waals surface area (Å²) in [4.78, 5) is 0. The van der Waals surface area contributed by atoms with Crippen LogP contribution in [0.15, 0.2) is 12.7 Å². The molecule has 0 aromatic carbocycles. The minimum atomic E-state index is 0.439. The van der Waals surface area contributed by atoms with E-state index >= 15 is 0 Å². The zero-order valence-electron chi connectivity index (χ0n) is 9.17. The Labute approximate surface area is 87.9 Å². The molecule has 1 aliphatic rings. The van der Waals surface area contributed by atoms with Crippen molar-refractivity contribution < 1.29 is 0 Å². The lowest BCUT2D eigenvalue weighted by Crippen LogP contribution is -2.35. The third-order valence-electron chi connectivity index (χ3n) is 3.34. The predicted octanol–water partition coefficient (Wildman–Crippen LogP) is 2.75. The summed E-state index contributed by atoms with van der Waals surface area (Å²) >= 11 is 0. The van der Waals surface area contributed by atoms with Crippen molar-refractivity contribution >= 4 is 0 Å². The molecular formula is C12H24N2. The highest BCUT2D eigenvalue weighted by atomic mass is 15.2. The average Bonchev–Trinajstić information content (AvgIpc) is 2.25. The smallest absolute Gasteiger partial charge is 0.0245 e. The van der Waals surface area contributed by atoms with E-state index in [1.165, 1.54) is 44.9 Å². The highest BCUT2D eigenvalue weighted by molar-refractivity contribution is 4.78. The van der Waals surface area contributed by atoms with Gasteiger partial charge in [0.1, 0.15) is 0 Å². The van der Waals surface area contributed by atoms with Gasteiger partial charge >= 0.3 is 0 Å². The van der Waals surface area contributed by atoms with Crippen molar-refractivity contribution in [2.75, 3.05) is 0 Å². The van der Waals surface area contributed by atoms with E-state index in [-0.39, 0.29) is 0 Å². The van der Waals surface area contributed by atoms with Crippen LogP contribution in [-0.4, -0.2) is 6.04 Å². The summed E-state index contributed by atoms with van der Waals surface area (Å²) in [6.07, 6.45) is 12.7. The molecule has 2 heteroatoms. The third kappa shape index (κ3) is 4.25. The lowest BCUT2D eigenvalue weighted by Gasteiger charge is -2.23. The van der Waals surface area contributed by atoms with Crippen LogP contribution in [0.3, 0.4) is 0 Å². The highest BCUT2D eigenvalue weighted by Crippen LogP contribution is 2.27. The van der Waals surface area contributed by atoms with Gasteiger partial charge in [0, 0.05) is 6.04 Å².